The summed E-state index contributed by atoms with van der Waals surface area (Å²) in [6, 6.07) is 20.8. The summed E-state index contributed by atoms with van der Waals surface area (Å²) in [5.41, 5.74) is 8.45. The third kappa shape index (κ3) is 6.29. The molecule has 0 atom stereocenters. The number of benzene rings is 3. The van der Waals surface area contributed by atoms with E-state index in [4.69, 9.17) is 5.73 Å². The number of carbonyl (C=O) groups excluding carboxylic acids is 2. The van der Waals surface area contributed by atoms with Crippen LogP contribution in [0.3, 0.4) is 0 Å². The third-order valence-corrected chi connectivity index (χ3v) is 7.22. The molecule has 0 aliphatic carbocycles. The van der Waals surface area contributed by atoms with E-state index in [1.54, 1.807) is 48.2 Å². The van der Waals surface area contributed by atoms with Crippen LogP contribution in [0.15, 0.2) is 77.7 Å². The van der Waals surface area contributed by atoms with Crippen LogP contribution in [0, 0.1) is 11.7 Å². The molecule has 3 aromatic carbocycles. The molecule has 4 rings (SSSR count). The molecule has 1 saturated heterocycles. The van der Waals surface area contributed by atoms with E-state index >= 15 is 0 Å². The second-order valence-electron chi connectivity index (χ2n) is 8.77. The van der Waals surface area contributed by atoms with Gasteiger partial charge in [-0.15, -0.1) is 11.8 Å². The molecule has 35 heavy (non-hydrogen) atoms. The number of nitrogens with two attached hydrogens (primary N) is 1. The second-order valence-corrected chi connectivity index (χ2v) is 9.65. The Morgan fingerprint density at radius 2 is 1.66 bits per heavy atom. The molecule has 0 spiro atoms. The predicted molar refractivity (Wildman–Crippen MR) is 141 cm³/mol. The summed E-state index contributed by atoms with van der Waals surface area (Å²) in [4.78, 5) is 31.5. The predicted octanol–water partition coefficient (Wildman–Crippen LogP) is 5.37. The van der Waals surface area contributed by atoms with Crippen molar-refractivity contribution in [3.05, 3.63) is 89.7 Å². The Morgan fingerprint density at radius 1 is 1.00 bits per heavy atom. The average Bonchev–Trinajstić information content (AvgIpc) is 2.89. The number of carbonyl (C=O) groups is 2. The highest BCUT2D eigenvalue weighted by Gasteiger charge is 2.27. The molecule has 1 amide bonds. The molecule has 1 heterocycles. The number of nitrogens with zero attached hydrogens (tertiary/aromatic N) is 2. The smallest absolute Gasteiger partial charge is 0.258 e. The first-order chi connectivity index (χ1) is 16.9. The van der Waals surface area contributed by atoms with Gasteiger partial charge in [-0.25, -0.2) is 4.39 Å². The van der Waals surface area contributed by atoms with Crippen LogP contribution in [-0.4, -0.2) is 49.0 Å². The number of rotatable bonds is 8. The summed E-state index contributed by atoms with van der Waals surface area (Å²) in [5, 5.41) is 0. The van der Waals surface area contributed by atoms with E-state index in [0.29, 0.717) is 29.9 Å². The molecule has 1 aliphatic rings. The third-order valence-electron chi connectivity index (χ3n) is 6.49. The summed E-state index contributed by atoms with van der Waals surface area (Å²) in [7, 11) is 0. The van der Waals surface area contributed by atoms with Gasteiger partial charge in [-0.05, 0) is 98.9 Å². The van der Waals surface area contributed by atoms with Crippen LogP contribution in [0.4, 0.5) is 15.8 Å². The number of piperidine rings is 1. The Bertz CT molecular complexity index is 1160. The molecule has 3 aromatic rings. The zero-order valence-corrected chi connectivity index (χ0v) is 20.6. The van der Waals surface area contributed by atoms with Gasteiger partial charge in [0.1, 0.15) is 5.82 Å². The van der Waals surface area contributed by atoms with Crippen molar-refractivity contribution in [1.82, 2.24) is 4.90 Å². The van der Waals surface area contributed by atoms with E-state index in [2.05, 4.69) is 4.90 Å². The van der Waals surface area contributed by atoms with Crippen LogP contribution in [0.25, 0.3) is 0 Å². The van der Waals surface area contributed by atoms with E-state index in [9.17, 15) is 14.0 Å². The standard InChI is InChI=1S/C28H30FN3O2S/c1-35-26-4-2-3-25(19-26)32(28(34)22-7-11-24(30)12-8-22)18-17-31-15-13-21(14-16-31)27(33)20-5-9-23(29)10-6-20/h2-12,19,21H,13-18,30H2,1H3. The maximum Gasteiger partial charge on any atom is 0.258 e. The zero-order chi connectivity index (χ0) is 24.8. The minimum Gasteiger partial charge on any atom is -0.399 e. The number of hydrogen-bond donors (Lipinski definition) is 1. The van der Waals surface area contributed by atoms with Gasteiger partial charge in [0.2, 0.25) is 0 Å². The molecule has 0 bridgehead atoms. The number of hydrogen-bond acceptors (Lipinski definition) is 5. The van der Waals surface area contributed by atoms with Crippen LogP contribution in [0.2, 0.25) is 0 Å². The second kappa shape index (κ2) is 11.5. The minimum atomic E-state index is -0.336. The Kier molecular flexibility index (Phi) is 8.21. The van der Waals surface area contributed by atoms with Gasteiger partial charge in [0.05, 0.1) is 0 Å². The number of ketones is 1. The first-order valence-electron chi connectivity index (χ1n) is 11.8. The van der Waals surface area contributed by atoms with Crippen molar-refractivity contribution in [2.24, 2.45) is 5.92 Å². The van der Waals surface area contributed by atoms with Crippen molar-refractivity contribution in [2.75, 3.05) is 43.1 Å². The quantitative estimate of drug-likeness (QED) is 0.261. The van der Waals surface area contributed by atoms with Gasteiger partial charge in [-0.2, -0.15) is 0 Å². The van der Waals surface area contributed by atoms with E-state index in [1.165, 1.54) is 12.1 Å². The van der Waals surface area contributed by atoms with Crippen LogP contribution in [0.5, 0.6) is 0 Å². The molecular formula is C28H30FN3O2S. The van der Waals surface area contributed by atoms with Gasteiger partial charge in [-0.1, -0.05) is 6.07 Å². The normalized spacial score (nSPS) is 14.6. The largest absolute Gasteiger partial charge is 0.399 e. The topological polar surface area (TPSA) is 66.6 Å². The molecule has 182 valence electrons. The number of thioether (sulfide) groups is 1. The van der Waals surface area contributed by atoms with Crippen molar-refractivity contribution < 1.29 is 14.0 Å². The monoisotopic (exact) mass is 491 g/mol. The fraction of sp³-hybridized carbons (Fsp3) is 0.286. The molecular weight excluding hydrogens is 461 g/mol. The Labute approximate surface area is 210 Å². The number of nitrogen functional groups attached to an aromatic ring is 1. The summed E-state index contributed by atoms with van der Waals surface area (Å²) >= 11 is 1.64. The Morgan fingerprint density at radius 3 is 2.31 bits per heavy atom. The van der Waals surface area contributed by atoms with Gasteiger partial charge >= 0.3 is 0 Å². The van der Waals surface area contributed by atoms with Crippen molar-refractivity contribution in [3.8, 4) is 0 Å². The first kappa shape index (κ1) is 24.9. The summed E-state index contributed by atoms with van der Waals surface area (Å²) in [6.45, 7) is 2.82. The molecule has 0 unspecified atom stereocenters. The molecule has 7 heteroatoms. The highest BCUT2D eigenvalue weighted by molar-refractivity contribution is 7.98. The maximum atomic E-state index is 13.4. The number of halogens is 1. The summed E-state index contributed by atoms with van der Waals surface area (Å²) in [5.74, 6) is -0.372. The van der Waals surface area contributed by atoms with Crippen LogP contribution >= 0.6 is 11.8 Å². The molecule has 1 aliphatic heterocycles. The van der Waals surface area contributed by atoms with Crippen molar-refractivity contribution in [1.29, 1.82) is 0 Å². The maximum absolute atomic E-state index is 13.4. The lowest BCUT2D eigenvalue weighted by Gasteiger charge is -2.33. The van der Waals surface area contributed by atoms with E-state index < -0.39 is 0 Å². The number of anilines is 2. The van der Waals surface area contributed by atoms with Crippen LogP contribution in [-0.2, 0) is 0 Å². The van der Waals surface area contributed by atoms with Crippen molar-refractivity contribution in [2.45, 2.75) is 17.7 Å². The molecule has 2 N–H and O–H groups in total. The lowest BCUT2D eigenvalue weighted by Crippen LogP contribution is -2.42. The summed E-state index contributed by atoms with van der Waals surface area (Å²) < 4.78 is 13.2. The van der Waals surface area contributed by atoms with Gasteiger partial charge in [0.25, 0.3) is 5.91 Å². The van der Waals surface area contributed by atoms with Crippen LogP contribution in [0.1, 0.15) is 33.6 Å². The van der Waals surface area contributed by atoms with Crippen molar-refractivity contribution >= 4 is 34.8 Å². The summed E-state index contributed by atoms with van der Waals surface area (Å²) in [6.07, 6.45) is 3.52. The van der Waals surface area contributed by atoms with E-state index in [0.717, 1.165) is 36.5 Å². The SMILES string of the molecule is CSc1cccc(N(CCN2CCC(C(=O)c3ccc(F)cc3)CC2)C(=O)c2ccc(N)cc2)c1. The fourth-order valence-corrected chi connectivity index (χ4v) is 4.87. The Balaban J connectivity index is 1.41. The number of Topliss-reactive ketones (excluding diaryl/α,β-unsaturated/α-hetero) is 1. The number of amides is 1. The highest BCUT2D eigenvalue weighted by Crippen LogP contribution is 2.25. The molecule has 1 fully saturated rings. The zero-order valence-electron chi connectivity index (χ0n) is 19.8. The van der Waals surface area contributed by atoms with Gasteiger partial charge in [-0.3, -0.25) is 9.59 Å². The molecule has 0 saturated carbocycles. The van der Waals surface area contributed by atoms with Gasteiger partial charge in [0.15, 0.2) is 5.78 Å². The van der Waals surface area contributed by atoms with Crippen molar-refractivity contribution in [3.63, 3.8) is 0 Å². The fourth-order valence-electron chi connectivity index (χ4n) is 4.42. The van der Waals surface area contributed by atoms with Crippen LogP contribution < -0.4 is 10.6 Å². The lowest BCUT2D eigenvalue weighted by atomic mass is 9.89. The van der Waals surface area contributed by atoms with Gasteiger partial charge in [0, 0.05) is 46.4 Å². The number of likely N-dealkylation sites (tertiary alicyclic amines) is 1. The first-order valence-corrected chi connectivity index (χ1v) is 13.0. The molecule has 0 aromatic heterocycles. The van der Waals surface area contributed by atoms with E-state index in [1.807, 2.05) is 35.4 Å². The van der Waals surface area contributed by atoms with E-state index in [-0.39, 0.29) is 23.4 Å². The Hall–Kier alpha value is -3.16. The highest BCUT2D eigenvalue weighted by atomic mass is 32.2. The molecule has 0 radical (unpaired) electrons. The van der Waals surface area contributed by atoms with Gasteiger partial charge < -0.3 is 15.5 Å². The average molecular weight is 492 g/mol. The lowest BCUT2D eigenvalue weighted by molar-refractivity contribution is 0.0841. The molecule has 5 nitrogen and oxygen atoms in total. The minimum absolute atomic E-state index is 0.0533.